The summed E-state index contributed by atoms with van der Waals surface area (Å²) in [5.41, 5.74) is 4.01. The van der Waals surface area contributed by atoms with Crippen LogP contribution in [-0.4, -0.2) is 51.8 Å². The van der Waals surface area contributed by atoms with E-state index in [1.54, 1.807) is 12.3 Å². The van der Waals surface area contributed by atoms with Crippen LogP contribution >= 0.6 is 11.3 Å². The number of thiazole rings is 1. The molecular formula is C24H35N6O6S+. The monoisotopic (exact) mass is 535 g/mol. The van der Waals surface area contributed by atoms with Crippen molar-refractivity contribution in [2.75, 3.05) is 0 Å². The normalized spacial score (nSPS) is 26.8. The highest BCUT2D eigenvalue weighted by Gasteiger charge is 2.34. The second-order valence-corrected chi connectivity index (χ2v) is 10.5. The fraction of sp³-hybridized carbons (Fsp3) is 0.583. The summed E-state index contributed by atoms with van der Waals surface area (Å²) < 4.78 is 11.0. The van der Waals surface area contributed by atoms with Gasteiger partial charge in [0.1, 0.15) is 29.0 Å². The fourth-order valence-corrected chi connectivity index (χ4v) is 4.63. The van der Waals surface area contributed by atoms with Crippen molar-refractivity contribution in [1.29, 1.82) is 0 Å². The predicted molar refractivity (Wildman–Crippen MR) is 133 cm³/mol. The largest absolute Gasteiger partial charge is 0.454 e. The molecule has 0 aliphatic carbocycles. The highest BCUT2D eigenvalue weighted by Crippen LogP contribution is 2.28. The van der Waals surface area contributed by atoms with E-state index >= 15 is 0 Å². The molecule has 2 aromatic rings. The molecular weight excluding hydrogens is 500 g/mol. The molecule has 0 aromatic carbocycles. The van der Waals surface area contributed by atoms with E-state index in [9.17, 15) is 19.2 Å². The molecule has 6 atom stereocenters. The number of rotatable bonds is 3. The average Bonchev–Trinajstić information content (AvgIpc) is 3.54. The number of carbonyl (C=O) groups excluding carboxylic acids is 4. The van der Waals surface area contributed by atoms with Crippen molar-refractivity contribution in [3.05, 3.63) is 33.9 Å². The number of nitrogens with zero attached hydrogens (tertiary/aromatic N) is 2. The maximum atomic E-state index is 13.1. The van der Waals surface area contributed by atoms with Gasteiger partial charge in [-0.3, -0.25) is 14.4 Å². The van der Waals surface area contributed by atoms with Crippen LogP contribution in [0.4, 0.5) is 0 Å². The molecule has 3 amide bonds. The Morgan fingerprint density at radius 1 is 1.00 bits per heavy atom. The van der Waals surface area contributed by atoms with Gasteiger partial charge in [-0.25, -0.2) is 14.8 Å². The Morgan fingerprint density at radius 3 is 2.32 bits per heavy atom. The van der Waals surface area contributed by atoms with Gasteiger partial charge in [-0.15, -0.1) is 11.3 Å². The molecule has 13 heteroatoms. The van der Waals surface area contributed by atoms with E-state index in [1.807, 2.05) is 27.7 Å². The Morgan fingerprint density at radius 2 is 1.68 bits per heavy atom. The predicted octanol–water partition coefficient (Wildman–Crippen LogP) is 1.14. The lowest BCUT2D eigenvalue weighted by Crippen LogP contribution is -2.72. The maximum Gasteiger partial charge on any atom is 0.328 e. The van der Waals surface area contributed by atoms with E-state index in [-0.39, 0.29) is 29.1 Å². The van der Waals surface area contributed by atoms with Crippen LogP contribution in [0.25, 0.3) is 0 Å². The van der Waals surface area contributed by atoms with Gasteiger partial charge in [-0.05, 0) is 25.7 Å². The van der Waals surface area contributed by atoms with Gasteiger partial charge in [0.25, 0.3) is 17.7 Å². The van der Waals surface area contributed by atoms with Gasteiger partial charge < -0.3 is 30.8 Å². The summed E-state index contributed by atoms with van der Waals surface area (Å²) in [6.45, 7) is 10.7. The average molecular weight is 536 g/mol. The number of nitrogens with one attached hydrogen (secondary N) is 3. The number of hydrogen-bond acceptors (Lipinski definition) is 9. The molecule has 0 fully saturated rings. The summed E-state index contributed by atoms with van der Waals surface area (Å²) in [6.07, 6.45) is 1.10. The van der Waals surface area contributed by atoms with Crippen molar-refractivity contribution < 1.29 is 34.1 Å². The number of esters is 1. The first-order valence-electron chi connectivity index (χ1n) is 12.3. The van der Waals surface area contributed by atoms with Crippen LogP contribution in [0.15, 0.2) is 16.1 Å². The summed E-state index contributed by atoms with van der Waals surface area (Å²) in [7, 11) is 0. The molecule has 0 spiro atoms. The van der Waals surface area contributed by atoms with Crippen molar-refractivity contribution in [2.24, 2.45) is 11.8 Å². The third-order valence-electron chi connectivity index (χ3n) is 6.41. The van der Waals surface area contributed by atoms with Crippen LogP contribution in [0.3, 0.4) is 0 Å². The van der Waals surface area contributed by atoms with Gasteiger partial charge in [-0.2, -0.15) is 0 Å². The highest BCUT2D eigenvalue weighted by molar-refractivity contribution is 7.09. The van der Waals surface area contributed by atoms with E-state index < -0.39 is 54.0 Å². The second kappa shape index (κ2) is 11.8. The molecule has 0 saturated heterocycles. The number of amides is 3. The van der Waals surface area contributed by atoms with Gasteiger partial charge >= 0.3 is 5.97 Å². The number of ether oxygens (including phenoxy) is 1. The zero-order valence-corrected chi connectivity index (χ0v) is 22.7. The lowest BCUT2D eigenvalue weighted by atomic mass is 9.99. The molecule has 37 heavy (non-hydrogen) atoms. The van der Waals surface area contributed by atoms with Crippen LogP contribution in [0.5, 0.6) is 0 Å². The zero-order valence-electron chi connectivity index (χ0n) is 21.9. The topological polar surface area (TPSA) is 180 Å². The Labute approximate surface area is 219 Å². The first-order valence-corrected chi connectivity index (χ1v) is 13.2. The van der Waals surface area contributed by atoms with Crippen molar-refractivity contribution in [2.45, 2.75) is 78.2 Å². The van der Waals surface area contributed by atoms with E-state index in [1.165, 1.54) is 24.5 Å². The van der Waals surface area contributed by atoms with E-state index in [0.29, 0.717) is 5.01 Å². The third kappa shape index (κ3) is 6.52. The fourth-order valence-electron chi connectivity index (χ4n) is 3.65. The van der Waals surface area contributed by atoms with Gasteiger partial charge in [0.05, 0.1) is 6.04 Å². The minimum atomic E-state index is -0.989. The standard InChI is InChI=1S/C24H34N6O6S/c1-7-11(4)18-23-28-15(9-37-23)20(32)26-12(5)24(34)36-13(6)16(25)21(33)29-17(10(2)3)22-27-14(8-35-22)19(31)30-18/h8-13,16-18H,7,25H2,1-6H3,(H,26,32)(H,29,33)(H,30,31)/p+1/t11-,12-,13+,16-,17-,18+/m0/s1. The highest BCUT2D eigenvalue weighted by atomic mass is 32.1. The van der Waals surface area contributed by atoms with Crippen LogP contribution in [0.2, 0.25) is 0 Å². The summed E-state index contributed by atoms with van der Waals surface area (Å²) >= 11 is 1.24. The van der Waals surface area contributed by atoms with Crippen LogP contribution in [0, 0.1) is 11.8 Å². The molecule has 2 aromatic heterocycles. The number of cyclic esters (lactones) is 1. The molecule has 0 radical (unpaired) electrons. The molecule has 4 bridgehead atoms. The number of carbonyl (C=O) groups is 4. The smallest absolute Gasteiger partial charge is 0.328 e. The number of quaternary nitrogens is 1. The quantitative estimate of drug-likeness (QED) is 0.422. The summed E-state index contributed by atoms with van der Waals surface area (Å²) in [6, 6.07) is -3.07. The van der Waals surface area contributed by atoms with Crippen LogP contribution in [0.1, 0.15) is 91.9 Å². The zero-order chi connectivity index (χ0) is 27.4. The van der Waals surface area contributed by atoms with Crippen molar-refractivity contribution in [3.63, 3.8) is 0 Å². The lowest BCUT2D eigenvalue weighted by molar-refractivity contribution is -0.419. The second-order valence-electron chi connectivity index (χ2n) is 9.65. The van der Waals surface area contributed by atoms with E-state index in [2.05, 4.69) is 31.7 Å². The van der Waals surface area contributed by atoms with E-state index in [4.69, 9.17) is 9.15 Å². The molecule has 0 saturated carbocycles. The Bertz CT molecular complexity index is 1150. The minimum Gasteiger partial charge on any atom is -0.454 e. The van der Waals surface area contributed by atoms with Crippen molar-refractivity contribution in [1.82, 2.24) is 25.9 Å². The molecule has 202 valence electrons. The Hall–Kier alpha value is -3.32. The third-order valence-corrected chi connectivity index (χ3v) is 7.34. The Balaban J connectivity index is 2.01. The van der Waals surface area contributed by atoms with Crippen LogP contribution < -0.4 is 21.7 Å². The number of aromatic nitrogens is 2. The maximum absolute atomic E-state index is 13.1. The molecule has 1 aliphatic rings. The summed E-state index contributed by atoms with van der Waals surface area (Å²) in [5.74, 6) is -2.18. The Kier molecular flexibility index (Phi) is 9.02. The first-order chi connectivity index (χ1) is 17.4. The number of hydrogen-bond donors (Lipinski definition) is 4. The summed E-state index contributed by atoms with van der Waals surface area (Å²) in [4.78, 5) is 60.2. The molecule has 12 nitrogen and oxygen atoms in total. The molecule has 6 N–H and O–H groups in total. The van der Waals surface area contributed by atoms with Gasteiger partial charge in [-0.1, -0.05) is 34.1 Å². The first kappa shape index (κ1) is 28.3. The molecule has 3 rings (SSSR count). The van der Waals surface area contributed by atoms with Crippen LogP contribution in [-0.2, 0) is 14.3 Å². The van der Waals surface area contributed by atoms with Gasteiger partial charge in [0.15, 0.2) is 11.8 Å². The molecule has 1 aliphatic heterocycles. The van der Waals surface area contributed by atoms with E-state index in [0.717, 1.165) is 6.42 Å². The van der Waals surface area contributed by atoms with Crippen molar-refractivity contribution >= 4 is 35.0 Å². The lowest BCUT2D eigenvalue weighted by Gasteiger charge is -2.23. The number of oxazole rings is 1. The SMILES string of the molecule is CC[C@H](C)[C@H]1NC(=O)c2coc(n2)[C@H](C(C)C)NC(=O)[C@@H]([NH3+])[C@@H](C)OC(=O)[C@H](C)NC(=O)c2csc1n2. The number of fused-ring (bicyclic) bond motifs is 4. The summed E-state index contributed by atoms with van der Waals surface area (Å²) in [5, 5.41) is 10.5. The van der Waals surface area contributed by atoms with Gasteiger partial charge in [0.2, 0.25) is 11.9 Å². The van der Waals surface area contributed by atoms with Crippen molar-refractivity contribution in [3.8, 4) is 0 Å². The molecule has 3 heterocycles. The molecule has 0 unspecified atom stereocenters. The minimum absolute atomic E-state index is 0.00133. The van der Waals surface area contributed by atoms with Gasteiger partial charge in [0, 0.05) is 5.38 Å².